The predicted molar refractivity (Wildman–Crippen MR) is 117 cm³/mol. The van der Waals surface area contributed by atoms with Crippen LogP contribution < -0.4 is 0 Å². The lowest BCUT2D eigenvalue weighted by atomic mass is 9.95. The van der Waals surface area contributed by atoms with E-state index in [1.807, 2.05) is 12.1 Å². The first kappa shape index (κ1) is 18.8. The normalized spacial score (nSPS) is 18.5. The van der Waals surface area contributed by atoms with Gasteiger partial charge >= 0.3 is 0 Å². The molecule has 5 nitrogen and oxygen atoms in total. The van der Waals surface area contributed by atoms with Crippen LogP contribution in [0.4, 0.5) is 0 Å². The first-order valence-electron chi connectivity index (χ1n) is 10.8. The minimum absolute atomic E-state index is 0.470. The van der Waals surface area contributed by atoms with Gasteiger partial charge in [-0.1, -0.05) is 31.4 Å². The van der Waals surface area contributed by atoms with Gasteiger partial charge in [0.05, 0.1) is 17.6 Å². The Morgan fingerprint density at radius 1 is 1.14 bits per heavy atom. The van der Waals surface area contributed by atoms with Crippen LogP contribution in [0.15, 0.2) is 18.2 Å². The van der Waals surface area contributed by atoms with E-state index in [9.17, 15) is 5.26 Å². The molecule has 1 saturated heterocycles. The Morgan fingerprint density at radius 2 is 1.93 bits per heavy atom. The largest absolute Gasteiger partial charge is 0.340 e. The standard InChI is InChI=1S/C23H27N5S/c1-16-21(23-25-20(29-26-23)15-27-12-5-6-13-27)19-11-7-8-17(14-24)22(19)28(16)18-9-3-2-4-10-18/h7-8,11,18H,2-6,9-10,12-13,15H2,1H3. The summed E-state index contributed by atoms with van der Waals surface area (Å²) >= 11 is 1.53. The molecule has 1 aliphatic carbocycles. The minimum atomic E-state index is 0.470. The quantitative estimate of drug-likeness (QED) is 0.580. The smallest absolute Gasteiger partial charge is 0.175 e. The number of aromatic nitrogens is 3. The molecular formula is C23H27N5S. The molecule has 3 aromatic rings. The maximum Gasteiger partial charge on any atom is 0.175 e. The monoisotopic (exact) mass is 405 g/mol. The van der Waals surface area contributed by atoms with Crippen LogP contribution in [0, 0.1) is 18.3 Å². The summed E-state index contributed by atoms with van der Waals surface area (Å²) in [6.07, 6.45) is 8.81. The number of benzene rings is 1. The summed E-state index contributed by atoms with van der Waals surface area (Å²) in [4.78, 5) is 7.41. The van der Waals surface area contributed by atoms with Crippen molar-refractivity contribution in [2.75, 3.05) is 13.1 Å². The molecule has 150 valence electrons. The fourth-order valence-corrected chi connectivity index (χ4v) is 5.90. The van der Waals surface area contributed by atoms with E-state index in [-0.39, 0.29) is 0 Å². The predicted octanol–water partition coefficient (Wildman–Crippen LogP) is 5.44. The van der Waals surface area contributed by atoms with Gasteiger partial charge in [-0.15, -0.1) is 0 Å². The highest BCUT2D eigenvalue weighted by Crippen LogP contribution is 2.40. The molecule has 3 heterocycles. The van der Waals surface area contributed by atoms with Gasteiger partial charge < -0.3 is 4.57 Å². The molecule has 0 spiro atoms. The van der Waals surface area contributed by atoms with E-state index in [1.54, 1.807) is 0 Å². The number of hydrogen-bond acceptors (Lipinski definition) is 5. The van der Waals surface area contributed by atoms with Gasteiger partial charge in [-0.3, -0.25) is 4.90 Å². The number of hydrogen-bond donors (Lipinski definition) is 0. The molecule has 1 aromatic carbocycles. The van der Waals surface area contributed by atoms with Crippen molar-refractivity contribution in [3.8, 4) is 17.5 Å². The second-order valence-corrected chi connectivity index (χ2v) is 9.27. The van der Waals surface area contributed by atoms with Crippen LogP contribution >= 0.6 is 11.5 Å². The summed E-state index contributed by atoms with van der Waals surface area (Å²) in [6.45, 7) is 5.43. The third-order valence-electron chi connectivity index (χ3n) is 6.58. The molecule has 0 amide bonds. The van der Waals surface area contributed by atoms with Gasteiger partial charge in [-0.2, -0.15) is 9.64 Å². The average Bonchev–Trinajstić information content (AvgIpc) is 3.48. The van der Waals surface area contributed by atoms with E-state index in [2.05, 4.69) is 28.5 Å². The van der Waals surface area contributed by atoms with Crippen molar-refractivity contribution in [2.24, 2.45) is 0 Å². The first-order chi connectivity index (χ1) is 14.3. The SMILES string of the molecule is Cc1c(-c2nsc(CN3CCCC3)n2)c2cccc(C#N)c2n1C1CCCCC1. The number of likely N-dealkylation sites (tertiary alicyclic amines) is 1. The highest BCUT2D eigenvalue weighted by atomic mass is 32.1. The topological polar surface area (TPSA) is 57.7 Å². The average molecular weight is 406 g/mol. The Balaban J connectivity index is 1.61. The molecule has 0 radical (unpaired) electrons. The highest BCUT2D eigenvalue weighted by molar-refractivity contribution is 7.05. The molecule has 0 bridgehead atoms. The third-order valence-corrected chi connectivity index (χ3v) is 7.27. The Labute approximate surface area is 176 Å². The van der Waals surface area contributed by atoms with Gasteiger partial charge in [-0.05, 0) is 63.3 Å². The second-order valence-electron chi connectivity index (χ2n) is 8.43. The summed E-state index contributed by atoms with van der Waals surface area (Å²) in [7, 11) is 0. The zero-order valence-corrected chi connectivity index (χ0v) is 17.8. The lowest BCUT2D eigenvalue weighted by molar-refractivity contribution is 0.331. The van der Waals surface area contributed by atoms with Crippen molar-refractivity contribution in [1.29, 1.82) is 5.26 Å². The highest BCUT2D eigenvalue weighted by Gasteiger charge is 2.26. The van der Waals surface area contributed by atoms with Crippen LogP contribution in [0.3, 0.4) is 0 Å². The van der Waals surface area contributed by atoms with Gasteiger partial charge in [0.15, 0.2) is 5.82 Å². The van der Waals surface area contributed by atoms with Gasteiger partial charge in [0, 0.05) is 22.7 Å². The maximum absolute atomic E-state index is 9.79. The van der Waals surface area contributed by atoms with Crippen molar-refractivity contribution < 1.29 is 0 Å². The van der Waals surface area contributed by atoms with Crippen molar-refractivity contribution in [3.63, 3.8) is 0 Å². The van der Waals surface area contributed by atoms with Crippen molar-refractivity contribution in [3.05, 3.63) is 34.5 Å². The molecule has 6 heteroatoms. The van der Waals surface area contributed by atoms with Crippen LogP contribution in [0.1, 0.15) is 67.3 Å². The summed E-state index contributed by atoms with van der Waals surface area (Å²) in [5.74, 6) is 0.830. The molecular weight excluding hydrogens is 378 g/mol. The van der Waals surface area contributed by atoms with E-state index < -0.39 is 0 Å². The van der Waals surface area contributed by atoms with E-state index in [1.165, 1.54) is 75.3 Å². The summed E-state index contributed by atoms with van der Waals surface area (Å²) in [5, 5.41) is 12.0. The molecule has 0 atom stereocenters. The summed E-state index contributed by atoms with van der Waals surface area (Å²) < 4.78 is 7.20. The molecule has 0 N–H and O–H groups in total. The van der Waals surface area contributed by atoms with E-state index >= 15 is 0 Å². The summed E-state index contributed by atoms with van der Waals surface area (Å²) in [6, 6.07) is 8.97. The number of nitriles is 1. The number of nitrogens with zero attached hydrogens (tertiary/aromatic N) is 5. The molecule has 1 aliphatic heterocycles. The lowest BCUT2D eigenvalue weighted by Crippen LogP contribution is -2.18. The van der Waals surface area contributed by atoms with E-state index in [4.69, 9.17) is 9.36 Å². The van der Waals surface area contributed by atoms with Crippen molar-refractivity contribution >= 4 is 22.4 Å². The molecule has 5 rings (SSSR count). The minimum Gasteiger partial charge on any atom is -0.340 e. The van der Waals surface area contributed by atoms with Gasteiger partial charge in [0.1, 0.15) is 11.1 Å². The van der Waals surface area contributed by atoms with Crippen LogP contribution in [0.5, 0.6) is 0 Å². The third kappa shape index (κ3) is 3.37. The second kappa shape index (κ2) is 7.89. The summed E-state index contributed by atoms with van der Waals surface area (Å²) in [5.41, 5.74) is 4.16. The van der Waals surface area contributed by atoms with Crippen LogP contribution in [-0.2, 0) is 6.54 Å². The lowest BCUT2D eigenvalue weighted by Gasteiger charge is -2.26. The van der Waals surface area contributed by atoms with Crippen LogP contribution in [-0.4, -0.2) is 31.9 Å². The van der Waals surface area contributed by atoms with Crippen molar-refractivity contribution in [1.82, 2.24) is 18.8 Å². The Kier molecular flexibility index (Phi) is 5.11. The Bertz CT molecular complexity index is 1060. The number of para-hydroxylation sites is 1. The maximum atomic E-state index is 9.79. The molecule has 2 fully saturated rings. The molecule has 0 unspecified atom stereocenters. The zero-order chi connectivity index (χ0) is 19.8. The molecule has 29 heavy (non-hydrogen) atoms. The van der Waals surface area contributed by atoms with Crippen molar-refractivity contribution in [2.45, 2.75) is 64.5 Å². The fourth-order valence-electron chi connectivity index (χ4n) is 5.21. The Morgan fingerprint density at radius 3 is 2.69 bits per heavy atom. The zero-order valence-electron chi connectivity index (χ0n) is 17.0. The van der Waals surface area contributed by atoms with Gasteiger partial charge in [0.2, 0.25) is 0 Å². The number of rotatable bonds is 4. The molecule has 1 saturated carbocycles. The van der Waals surface area contributed by atoms with E-state index in [0.29, 0.717) is 6.04 Å². The van der Waals surface area contributed by atoms with E-state index in [0.717, 1.165) is 39.4 Å². The van der Waals surface area contributed by atoms with Gasteiger partial charge in [-0.25, -0.2) is 4.98 Å². The molecule has 2 aliphatic rings. The molecule has 2 aromatic heterocycles. The fraction of sp³-hybridized carbons (Fsp3) is 0.522. The van der Waals surface area contributed by atoms with Crippen LogP contribution in [0.25, 0.3) is 22.3 Å². The number of fused-ring (bicyclic) bond motifs is 1. The van der Waals surface area contributed by atoms with Gasteiger partial charge in [0.25, 0.3) is 0 Å². The first-order valence-corrected chi connectivity index (χ1v) is 11.6. The van der Waals surface area contributed by atoms with Crippen LogP contribution in [0.2, 0.25) is 0 Å². The Hall–Kier alpha value is -2.23.